The summed E-state index contributed by atoms with van der Waals surface area (Å²) in [5, 5.41) is 0. The smallest absolute Gasteiger partial charge is 0 e. The van der Waals surface area contributed by atoms with Crippen LogP contribution in [0.2, 0.25) is 0 Å². The van der Waals surface area contributed by atoms with Crippen LogP contribution >= 0.6 is 0 Å². The predicted molar refractivity (Wildman–Crippen MR) is 47.1 cm³/mol. The first-order valence-corrected chi connectivity index (χ1v) is 3.63. The van der Waals surface area contributed by atoms with Crippen molar-refractivity contribution in [2.45, 2.75) is 13.8 Å². The van der Waals surface area contributed by atoms with E-state index >= 15 is 0 Å². The fourth-order valence-electron chi connectivity index (χ4n) is 0.774. The first-order chi connectivity index (χ1) is 6.80. The number of hydrogen-bond acceptors (Lipinski definition) is 0. The van der Waals surface area contributed by atoms with Crippen molar-refractivity contribution in [1.82, 2.24) is 0 Å². The third-order valence-corrected chi connectivity index (χ3v) is 1.36. The van der Waals surface area contributed by atoms with Crippen LogP contribution < -0.4 is 0 Å². The van der Waals surface area contributed by atoms with E-state index in [1.165, 1.54) is 5.92 Å². The zero-order valence-electron chi connectivity index (χ0n) is 8.49. The van der Waals surface area contributed by atoms with E-state index in [1.807, 2.05) is 0 Å². The van der Waals surface area contributed by atoms with Gasteiger partial charge in [0, 0.05) is 20.4 Å². The molecular formula is C11H11O3Re. The van der Waals surface area contributed by atoms with Crippen LogP contribution in [0.15, 0.2) is 0 Å². The number of rotatable bonds is 1. The Balaban J connectivity index is -0.0000000755. The fraction of sp³-hybridized carbons (Fsp3) is 0.273. The third-order valence-electron chi connectivity index (χ3n) is 1.36. The summed E-state index contributed by atoms with van der Waals surface area (Å²) in [5.41, 5.74) is 0. The van der Waals surface area contributed by atoms with E-state index in [0.717, 1.165) is 0 Å². The minimum atomic E-state index is 0. The normalized spacial score (nSPS) is 12.6. The first kappa shape index (κ1) is 24.2. The van der Waals surface area contributed by atoms with Crippen LogP contribution in [0, 0.1) is 57.5 Å². The zero-order valence-corrected chi connectivity index (χ0v) is 11.2. The molecule has 0 amide bonds. The van der Waals surface area contributed by atoms with Gasteiger partial charge in [-0.05, 0) is 37.5 Å². The van der Waals surface area contributed by atoms with Gasteiger partial charge >= 0.3 is 33.9 Å². The maximum absolute atomic E-state index is 7.50. The second-order valence-electron chi connectivity index (χ2n) is 2.37. The molecular weight excluding hydrogens is 366 g/mol. The Hall–Kier alpha value is -0.118. The molecule has 1 saturated carbocycles. The summed E-state index contributed by atoms with van der Waals surface area (Å²) in [7, 11) is 0. The molecule has 0 aliphatic heterocycles. The Morgan fingerprint density at radius 2 is 1.13 bits per heavy atom. The van der Waals surface area contributed by atoms with Crippen molar-refractivity contribution in [3.8, 4) is 0 Å². The molecule has 0 bridgehead atoms. The van der Waals surface area contributed by atoms with Crippen molar-refractivity contribution in [2.24, 2.45) is 5.92 Å². The topological polar surface area (TPSA) is 59.7 Å². The largest absolute Gasteiger partial charge is 0 e. The van der Waals surface area contributed by atoms with Crippen molar-refractivity contribution in [2.75, 3.05) is 0 Å². The van der Waals surface area contributed by atoms with Gasteiger partial charge in [-0.2, -0.15) is 0 Å². The molecule has 1 aliphatic carbocycles. The van der Waals surface area contributed by atoms with Crippen LogP contribution in [-0.2, 0) is 34.4 Å². The fourth-order valence-corrected chi connectivity index (χ4v) is 0.774. The van der Waals surface area contributed by atoms with Crippen LogP contribution in [-0.4, -0.2) is 0 Å². The molecule has 0 spiro atoms. The summed E-state index contributed by atoms with van der Waals surface area (Å²) in [6.07, 6.45) is 8.47. The maximum Gasteiger partial charge on any atom is 0 e. The van der Waals surface area contributed by atoms with Gasteiger partial charge in [-0.1, -0.05) is 13.8 Å². The van der Waals surface area contributed by atoms with E-state index in [2.05, 4.69) is 59.5 Å². The molecule has 0 unspecified atom stereocenters. The predicted octanol–water partition coefficient (Wildman–Crippen LogP) is 1.93. The van der Waals surface area contributed by atoms with Crippen molar-refractivity contribution < 1.29 is 34.4 Å². The molecule has 0 heterocycles. The minimum absolute atomic E-state index is 0. The summed E-state index contributed by atoms with van der Waals surface area (Å²) in [6.45, 7) is 17.9. The Kier molecular flexibility index (Phi) is 38.1. The van der Waals surface area contributed by atoms with E-state index in [1.54, 1.807) is 0 Å². The van der Waals surface area contributed by atoms with Gasteiger partial charge in [-0.15, -0.1) is 0 Å². The van der Waals surface area contributed by atoms with Gasteiger partial charge in [0.15, 0.2) is 0 Å². The van der Waals surface area contributed by atoms with Crippen LogP contribution in [0.1, 0.15) is 13.8 Å². The molecule has 15 heavy (non-hydrogen) atoms. The zero-order chi connectivity index (χ0) is 12.0. The summed E-state index contributed by atoms with van der Waals surface area (Å²) in [4.78, 5) is 0. The Bertz CT molecular complexity index is 141. The molecule has 0 N–H and O–H groups in total. The average Bonchev–Trinajstić information content (AvgIpc) is 2.80. The number of hydrogen-bond donors (Lipinski definition) is 0. The molecule has 1 fully saturated rings. The van der Waals surface area contributed by atoms with Gasteiger partial charge < -0.3 is 0 Å². The summed E-state index contributed by atoms with van der Waals surface area (Å²) < 4.78 is 22.5. The monoisotopic (exact) mass is 378 g/mol. The molecule has 4 heteroatoms. The van der Waals surface area contributed by atoms with Gasteiger partial charge in [0.25, 0.3) is 0 Å². The van der Waals surface area contributed by atoms with Crippen molar-refractivity contribution in [1.29, 1.82) is 0 Å². The average molecular weight is 377 g/mol. The quantitative estimate of drug-likeness (QED) is 0.495. The van der Waals surface area contributed by atoms with E-state index < -0.39 is 0 Å². The van der Waals surface area contributed by atoms with E-state index in [0.29, 0.717) is 5.92 Å². The summed E-state index contributed by atoms with van der Waals surface area (Å²) >= 11 is 0. The van der Waals surface area contributed by atoms with Crippen molar-refractivity contribution >= 4 is 0 Å². The first-order valence-electron chi connectivity index (χ1n) is 3.63. The molecule has 6 radical (unpaired) electrons. The second kappa shape index (κ2) is 23.6. The molecule has 3 nitrogen and oxygen atoms in total. The van der Waals surface area contributed by atoms with Crippen LogP contribution in [0.5, 0.6) is 0 Å². The van der Waals surface area contributed by atoms with Crippen molar-refractivity contribution in [3.05, 3.63) is 51.6 Å². The second-order valence-corrected chi connectivity index (χ2v) is 2.37. The minimum Gasteiger partial charge on any atom is 0 e. The maximum atomic E-state index is 7.50. The van der Waals surface area contributed by atoms with Gasteiger partial charge in [0.2, 0.25) is 0 Å². The van der Waals surface area contributed by atoms with Gasteiger partial charge in [0.1, 0.15) is 0 Å². The van der Waals surface area contributed by atoms with Gasteiger partial charge in [-0.25, -0.2) is 0 Å². The van der Waals surface area contributed by atoms with E-state index in [9.17, 15) is 0 Å². The molecule has 0 atom stereocenters. The Morgan fingerprint density at radius 3 is 1.27 bits per heavy atom. The van der Waals surface area contributed by atoms with Gasteiger partial charge in [0.05, 0.1) is 0 Å². The molecule has 80 valence electrons. The molecule has 0 aromatic carbocycles. The summed E-state index contributed by atoms with van der Waals surface area (Å²) in [5.74, 6) is 2.12. The Labute approximate surface area is 106 Å². The van der Waals surface area contributed by atoms with E-state index in [4.69, 9.17) is 14.0 Å². The molecule has 1 aliphatic rings. The molecule has 0 aromatic rings. The molecule has 0 saturated heterocycles. The summed E-state index contributed by atoms with van der Waals surface area (Å²) in [6, 6.07) is 0. The van der Waals surface area contributed by atoms with Crippen LogP contribution in [0.3, 0.4) is 0 Å². The van der Waals surface area contributed by atoms with Crippen molar-refractivity contribution in [3.63, 3.8) is 0 Å². The molecule has 0 aromatic heterocycles. The standard InChI is InChI=1S/C8H11.3CO.Re/c1-7(2)8-5-3-4-6-8;3*1-2;/h3-7H,1-2H3;;;;. The van der Waals surface area contributed by atoms with Gasteiger partial charge in [-0.3, -0.25) is 0 Å². The Morgan fingerprint density at radius 1 is 0.867 bits per heavy atom. The SMILES string of the molecule is CC(C)[C]1[CH][CH][CH][CH]1.[C-]#[O+].[C-]#[O+].[C-]#[O+].[Re]. The van der Waals surface area contributed by atoms with Crippen LogP contribution in [0.25, 0.3) is 0 Å². The molecule has 1 rings (SSSR count). The third kappa shape index (κ3) is 16.6. The van der Waals surface area contributed by atoms with Crippen LogP contribution in [0.4, 0.5) is 0 Å². The van der Waals surface area contributed by atoms with E-state index in [-0.39, 0.29) is 20.4 Å².